The van der Waals surface area contributed by atoms with E-state index < -0.39 is 5.97 Å². The van der Waals surface area contributed by atoms with E-state index in [-0.39, 0.29) is 23.5 Å². The maximum atomic E-state index is 12.4. The molecule has 3 rings (SSSR count). The molecule has 1 aliphatic heterocycles. The number of carbonyl (C=O) groups excluding carboxylic acids is 1. The van der Waals surface area contributed by atoms with Gasteiger partial charge in [-0.25, -0.2) is 0 Å². The molecule has 2 N–H and O–H groups in total. The Hall–Kier alpha value is -1.82. The lowest BCUT2D eigenvalue weighted by molar-refractivity contribution is -0.181. The number of rotatable bonds is 3. The molecule has 6 heteroatoms. The molecule has 1 atom stereocenters. The van der Waals surface area contributed by atoms with Crippen molar-refractivity contribution in [2.75, 3.05) is 6.61 Å². The van der Waals surface area contributed by atoms with Crippen molar-refractivity contribution >= 4 is 11.9 Å². The van der Waals surface area contributed by atoms with Gasteiger partial charge in [-0.15, -0.1) is 0 Å². The van der Waals surface area contributed by atoms with Gasteiger partial charge in [-0.3, -0.25) is 9.59 Å². The molecule has 1 aromatic rings. The summed E-state index contributed by atoms with van der Waals surface area (Å²) in [5.41, 5.74) is 1.34. The smallest absolute Gasteiger partial charge is 0.306 e. The number of aliphatic carboxylic acids is 1. The number of carboxylic acids is 1. The fourth-order valence-corrected chi connectivity index (χ4v) is 3.55. The van der Waals surface area contributed by atoms with E-state index >= 15 is 0 Å². The molecule has 1 saturated carbocycles. The lowest BCUT2D eigenvalue weighted by Crippen LogP contribution is -2.56. The second kappa shape index (κ2) is 5.43. The van der Waals surface area contributed by atoms with Gasteiger partial charge in [0.15, 0.2) is 0 Å². The van der Waals surface area contributed by atoms with Crippen molar-refractivity contribution in [1.29, 1.82) is 0 Å². The number of hydrogen-bond donors (Lipinski definition) is 2. The fourth-order valence-electron chi connectivity index (χ4n) is 3.55. The minimum absolute atomic E-state index is 0.0474. The Labute approximate surface area is 129 Å². The second-order valence-electron chi connectivity index (χ2n) is 6.56. The van der Waals surface area contributed by atoms with E-state index in [1.165, 1.54) is 0 Å². The van der Waals surface area contributed by atoms with E-state index in [0.717, 1.165) is 12.1 Å². The number of aromatic nitrogens is 1. The first-order chi connectivity index (χ1) is 10.4. The first kappa shape index (κ1) is 15.1. The first-order valence-electron chi connectivity index (χ1n) is 7.70. The number of ether oxygens (including phenoxy) is 1. The van der Waals surface area contributed by atoms with Crippen LogP contribution in [0, 0.1) is 12.8 Å². The third-order valence-electron chi connectivity index (χ3n) is 5.02. The predicted molar refractivity (Wildman–Crippen MR) is 79.7 cm³/mol. The van der Waals surface area contributed by atoms with Crippen LogP contribution in [0.5, 0.6) is 0 Å². The lowest BCUT2D eigenvalue weighted by atomic mass is 9.66. The molecule has 22 heavy (non-hydrogen) atoms. The Balaban J connectivity index is 1.60. The largest absolute Gasteiger partial charge is 0.481 e. The van der Waals surface area contributed by atoms with E-state index in [4.69, 9.17) is 9.84 Å². The zero-order valence-corrected chi connectivity index (χ0v) is 13.0. The highest BCUT2D eigenvalue weighted by molar-refractivity contribution is 5.93. The molecule has 1 spiro atoms. The van der Waals surface area contributed by atoms with Crippen LogP contribution in [-0.2, 0) is 16.6 Å². The molecule has 1 saturated heterocycles. The summed E-state index contributed by atoms with van der Waals surface area (Å²) in [7, 11) is 1.87. The predicted octanol–water partition coefficient (Wildman–Crippen LogP) is 1.48. The Morgan fingerprint density at radius 2 is 2.09 bits per heavy atom. The molecule has 2 heterocycles. The molecule has 0 radical (unpaired) electrons. The average Bonchev–Trinajstić information content (AvgIpc) is 2.76. The van der Waals surface area contributed by atoms with Gasteiger partial charge in [0, 0.05) is 25.4 Å². The van der Waals surface area contributed by atoms with Crippen LogP contribution in [0.15, 0.2) is 12.1 Å². The van der Waals surface area contributed by atoms with Crippen LogP contribution < -0.4 is 5.32 Å². The Bertz CT molecular complexity index is 601. The van der Waals surface area contributed by atoms with Crippen molar-refractivity contribution in [3.8, 4) is 0 Å². The molecule has 120 valence electrons. The monoisotopic (exact) mass is 306 g/mol. The van der Waals surface area contributed by atoms with Crippen molar-refractivity contribution in [2.45, 2.75) is 44.2 Å². The second-order valence-corrected chi connectivity index (χ2v) is 6.56. The number of nitrogens with one attached hydrogen (secondary N) is 1. The molecule has 1 amide bonds. The molecule has 2 fully saturated rings. The number of aryl methyl sites for hydroxylation is 1. The van der Waals surface area contributed by atoms with Gasteiger partial charge in [0.05, 0.1) is 11.5 Å². The van der Waals surface area contributed by atoms with Crippen LogP contribution in [0.1, 0.15) is 41.9 Å². The van der Waals surface area contributed by atoms with Crippen molar-refractivity contribution in [1.82, 2.24) is 9.88 Å². The van der Waals surface area contributed by atoms with Crippen molar-refractivity contribution in [3.63, 3.8) is 0 Å². The quantitative estimate of drug-likeness (QED) is 0.886. The van der Waals surface area contributed by atoms with Crippen molar-refractivity contribution in [3.05, 3.63) is 23.5 Å². The standard InChI is InChI=1S/C16H22N2O4/c1-10-3-4-13(18(10)2)14(19)17-12-5-6-22-16(9-12)7-11(8-16)15(20)21/h3-4,11-12H,5-9H2,1-2H3,(H,17,19)(H,20,21). The highest BCUT2D eigenvalue weighted by Gasteiger charge is 2.51. The summed E-state index contributed by atoms with van der Waals surface area (Å²) in [6, 6.07) is 3.79. The molecular formula is C16H22N2O4. The number of nitrogens with zero attached hydrogens (tertiary/aromatic N) is 1. The molecule has 1 unspecified atom stereocenters. The van der Waals surface area contributed by atoms with E-state index in [9.17, 15) is 9.59 Å². The number of hydrogen-bond acceptors (Lipinski definition) is 3. The van der Waals surface area contributed by atoms with Crippen molar-refractivity contribution < 1.29 is 19.4 Å². The molecule has 6 nitrogen and oxygen atoms in total. The third kappa shape index (κ3) is 2.63. The van der Waals surface area contributed by atoms with Crippen LogP contribution in [0.3, 0.4) is 0 Å². The zero-order valence-electron chi connectivity index (χ0n) is 13.0. The Morgan fingerprint density at radius 3 is 2.68 bits per heavy atom. The van der Waals surface area contributed by atoms with Crippen molar-refractivity contribution in [2.24, 2.45) is 13.0 Å². The van der Waals surface area contributed by atoms with Crippen LogP contribution in [0.2, 0.25) is 0 Å². The maximum Gasteiger partial charge on any atom is 0.306 e. The van der Waals surface area contributed by atoms with E-state index in [2.05, 4.69) is 5.32 Å². The molecular weight excluding hydrogens is 284 g/mol. The van der Waals surface area contributed by atoms with Gasteiger partial charge < -0.3 is 19.7 Å². The van der Waals surface area contributed by atoms with Gasteiger partial charge in [-0.1, -0.05) is 0 Å². The summed E-state index contributed by atoms with van der Waals surface area (Å²) in [6.07, 6.45) is 2.58. The van der Waals surface area contributed by atoms with Gasteiger partial charge in [0.2, 0.25) is 0 Å². The highest BCUT2D eigenvalue weighted by Crippen LogP contribution is 2.46. The molecule has 1 aliphatic carbocycles. The first-order valence-corrected chi connectivity index (χ1v) is 7.70. The minimum atomic E-state index is -0.750. The molecule has 1 aromatic heterocycles. The van der Waals surface area contributed by atoms with Gasteiger partial charge in [0.25, 0.3) is 5.91 Å². The summed E-state index contributed by atoms with van der Waals surface area (Å²) in [5, 5.41) is 12.1. The Morgan fingerprint density at radius 1 is 1.36 bits per heavy atom. The third-order valence-corrected chi connectivity index (χ3v) is 5.02. The topological polar surface area (TPSA) is 80.6 Å². The van der Waals surface area contributed by atoms with Gasteiger partial charge >= 0.3 is 5.97 Å². The molecule has 0 aromatic carbocycles. The highest BCUT2D eigenvalue weighted by atomic mass is 16.5. The summed E-state index contributed by atoms with van der Waals surface area (Å²) < 4.78 is 7.68. The number of carbonyl (C=O) groups is 2. The summed E-state index contributed by atoms with van der Waals surface area (Å²) >= 11 is 0. The van der Waals surface area contributed by atoms with Gasteiger partial charge in [0.1, 0.15) is 5.69 Å². The van der Waals surface area contributed by atoms with E-state index in [0.29, 0.717) is 31.6 Å². The van der Waals surface area contributed by atoms with Crippen LogP contribution >= 0.6 is 0 Å². The average molecular weight is 306 g/mol. The van der Waals surface area contributed by atoms with Crippen LogP contribution in [-0.4, -0.2) is 39.8 Å². The van der Waals surface area contributed by atoms with Gasteiger partial charge in [-0.2, -0.15) is 0 Å². The Kier molecular flexibility index (Phi) is 3.72. The van der Waals surface area contributed by atoms with E-state index in [1.54, 1.807) is 0 Å². The minimum Gasteiger partial charge on any atom is -0.481 e. The summed E-state index contributed by atoms with van der Waals surface area (Å²) in [5.74, 6) is -1.13. The summed E-state index contributed by atoms with van der Waals surface area (Å²) in [6.45, 7) is 2.53. The van der Waals surface area contributed by atoms with Gasteiger partial charge in [-0.05, 0) is 44.7 Å². The number of amides is 1. The summed E-state index contributed by atoms with van der Waals surface area (Å²) in [4.78, 5) is 23.3. The zero-order chi connectivity index (χ0) is 15.9. The number of carboxylic acid groups (broad SMARTS) is 1. The fraction of sp³-hybridized carbons (Fsp3) is 0.625. The lowest BCUT2D eigenvalue weighted by Gasteiger charge is -2.50. The van der Waals surface area contributed by atoms with Crippen LogP contribution in [0.25, 0.3) is 0 Å². The molecule has 2 aliphatic rings. The maximum absolute atomic E-state index is 12.4. The SMILES string of the molecule is Cc1ccc(C(=O)NC2CCOC3(C2)CC(C(=O)O)C3)n1C. The van der Waals surface area contributed by atoms with Crippen LogP contribution in [0.4, 0.5) is 0 Å². The van der Waals surface area contributed by atoms with E-state index in [1.807, 2.05) is 30.7 Å². The normalized spacial score (nSPS) is 30.8. The molecule has 0 bridgehead atoms.